The van der Waals surface area contributed by atoms with Crippen molar-refractivity contribution in [2.75, 3.05) is 0 Å². The molecule has 0 radical (unpaired) electrons. The van der Waals surface area contributed by atoms with Crippen molar-refractivity contribution in [2.24, 2.45) is 0 Å². The highest BCUT2D eigenvalue weighted by atomic mass is 35.5. The lowest BCUT2D eigenvalue weighted by Crippen LogP contribution is -2.24. The lowest BCUT2D eigenvalue weighted by atomic mass is 10.2. The predicted octanol–water partition coefficient (Wildman–Crippen LogP) is 2.00. The van der Waals surface area contributed by atoms with Gasteiger partial charge in [0.05, 0.1) is 12.0 Å². The maximum Gasteiger partial charge on any atom is 0.417 e. The van der Waals surface area contributed by atoms with Crippen LogP contribution in [0.25, 0.3) is 0 Å². The number of hydrogen-bond acceptors (Lipinski definition) is 2. The molecule has 0 saturated carbocycles. The minimum atomic E-state index is -4.64. The molecule has 1 heterocycles. The number of aliphatic carboxylic acids is 1. The Hall–Kier alpha value is -1.50. The van der Waals surface area contributed by atoms with E-state index in [1.54, 1.807) is 0 Å². The largest absolute Gasteiger partial charge is 0.481 e. The molecular weight excluding hydrogens is 263 g/mol. The van der Waals surface area contributed by atoms with Gasteiger partial charge in [0, 0.05) is 12.7 Å². The maximum atomic E-state index is 12.4. The lowest BCUT2D eigenvalue weighted by molar-refractivity contribution is -0.138. The van der Waals surface area contributed by atoms with Gasteiger partial charge in [-0.05, 0) is 6.07 Å². The van der Waals surface area contributed by atoms with Gasteiger partial charge in [-0.3, -0.25) is 9.59 Å². The summed E-state index contributed by atoms with van der Waals surface area (Å²) in [4.78, 5) is 21.6. The van der Waals surface area contributed by atoms with Crippen LogP contribution in [0.2, 0.25) is 5.02 Å². The van der Waals surface area contributed by atoms with Crippen LogP contribution in [0.15, 0.2) is 17.1 Å². The zero-order valence-corrected chi connectivity index (χ0v) is 9.05. The number of hydrogen-bond donors (Lipinski definition) is 1. The highest BCUT2D eigenvalue weighted by Gasteiger charge is 2.32. The summed E-state index contributed by atoms with van der Waals surface area (Å²) in [5.41, 5.74) is -1.94. The molecule has 0 aromatic carbocycles. The zero-order chi connectivity index (χ0) is 13.2. The Morgan fingerprint density at radius 3 is 2.53 bits per heavy atom. The first kappa shape index (κ1) is 13.6. The minimum Gasteiger partial charge on any atom is -0.481 e. The Bertz CT molecular complexity index is 495. The highest BCUT2D eigenvalue weighted by molar-refractivity contribution is 6.30. The summed E-state index contributed by atoms with van der Waals surface area (Å²) >= 11 is 5.36. The molecule has 0 bridgehead atoms. The van der Waals surface area contributed by atoms with Gasteiger partial charge in [-0.1, -0.05) is 11.6 Å². The van der Waals surface area contributed by atoms with Crippen molar-refractivity contribution in [3.63, 3.8) is 0 Å². The summed E-state index contributed by atoms with van der Waals surface area (Å²) in [5, 5.41) is 7.80. The van der Waals surface area contributed by atoms with E-state index in [1.165, 1.54) is 0 Å². The Morgan fingerprint density at radius 2 is 2.06 bits per heavy atom. The zero-order valence-electron chi connectivity index (χ0n) is 8.29. The molecule has 0 spiro atoms. The van der Waals surface area contributed by atoms with E-state index in [4.69, 9.17) is 16.7 Å². The molecule has 0 atom stereocenters. The molecule has 94 valence electrons. The molecule has 0 aliphatic carbocycles. The summed E-state index contributed by atoms with van der Waals surface area (Å²) in [7, 11) is 0. The molecule has 1 N–H and O–H groups in total. The molecule has 0 fully saturated rings. The second kappa shape index (κ2) is 4.79. The molecule has 0 aliphatic rings. The van der Waals surface area contributed by atoms with E-state index >= 15 is 0 Å². The van der Waals surface area contributed by atoms with Gasteiger partial charge in [0.25, 0.3) is 5.56 Å². The standard InChI is InChI=1S/C9H7ClF3NO3/c10-6-3-5(9(11,12)13)4-14(8(6)17)2-1-7(15)16/h3-4H,1-2H2,(H,15,16). The van der Waals surface area contributed by atoms with Crippen molar-refractivity contribution in [1.82, 2.24) is 4.57 Å². The summed E-state index contributed by atoms with van der Waals surface area (Å²) in [5.74, 6) is -1.22. The first-order valence-electron chi connectivity index (χ1n) is 4.41. The molecule has 8 heteroatoms. The van der Waals surface area contributed by atoms with E-state index in [1.807, 2.05) is 0 Å². The Kier molecular flexibility index (Phi) is 3.82. The fraction of sp³-hybridized carbons (Fsp3) is 0.333. The number of alkyl halides is 3. The first-order valence-corrected chi connectivity index (χ1v) is 4.78. The van der Waals surface area contributed by atoms with Gasteiger partial charge in [-0.15, -0.1) is 0 Å². The van der Waals surface area contributed by atoms with Gasteiger partial charge in [-0.2, -0.15) is 13.2 Å². The SMILES string of the molecule is O=C(O)CCn1cc(C(F)(F)F)cc(Cl)c1=O. The van der Waals surface area contributed by atoms with Crippen LogP contribution in [0.1, 0.15) is 12.0 Å². The van der Waals surface area contributed by atoms with Gasteiger partial charge in [0.1, 0.15) is 5.02 Å². The molecule has 4 nitrogen and oxygen atoms in total. The Labute approximate surface area is 98.2 Å². The van der Waals surface area contributed by atoms with Crippen molar-refractivity contribution in [1.29, 1.82) is 0 Å². The quantitative estimate of drug-likeness (QED) is 0.913. The fourth-order valence-electron chi connectivity index (χ4n) is 1.14. The van der Waals surface area contributed by atoms with Crippen molar-refractivity contribution in [2.45, 2.75) is 19.1 Å². The minimum absolute atomic E-state index is 0.363. The van der Waals surface area contributed by atoms with Crippen LogP contribution in [0.4, 0.5) is 13.2 Å². The number of nitrogens with zero attached hydrogens (tertiary/aromatic N) is 1. The summed E-state index contributed by atoms with van der Waals surface area (Å²) in [6, 6.07) is 0.515. The van der Waals surface area contributed by atoms with Crippen LogP contribution in [0.5, 0.6) is 0 Å². The molecule has 0 unspecified atom stereocenters. The van der Waals surface area contributed by atoms with Gasteiger partial charge in [-0.25, -0.2) is 0 Å². The van der Waals surface area contributed by atoms with E-state index in [-0.39, 0.29) is 6.54 Å². The molecule has 0 saturated heterocycles. The normalized spacial score (nSPS) is 11.5. The van der Waals surface area contributed by atoms with Crippen LogP contribution < -0.4 is 5.56 Å². The number of pyridine rings is 1. The fourth-order valence-corrected chi connectivity index (χ4v) is 1.36. The Morgan fingerprint density at radius 1 is 1.47 bits per heavy atom. The van der Waals surface area contributed by atoms with Crippen LogP contribution in [-0.4, -0.2) is 15.6 Å². The number of rotatable bonds is 3. The van der Waals surface area contributed by atoms with Crippen molar-refractivity contribution < 1.29 is 23.1 Å². The average Bonchev–Trinajstić information content (AvgIpc) is 2.18. The van der Waals surface area contributed by atoms with Crippen molar-refractivity contribution in [3.8, 4) is 0 Å². The number of aromatic nitrogens is 1. The second-order valence-electron chi connectivity index (χ2n) is 3.22. The number of carboxylic acids is 1. The molecule has 17 heavy (non-hydrogen) atoms. The van der Waals surface area contributed by atoms with Crippen LogP contribution in [-0.2, 0) is 17.5 Å². The summed E-state index contributed by atoms with van der Waals surface area (Å²) in [6.45, 7) is -0.363. The number of halogens is 4. The number of carbonyl (C=O) groups is 1. The average molecular weight is 270 g/mol. The van der Waals surface area contributed by atoms with Crippen molar-refractivity contribution >= 4 is 17.6 Å². The molecular formula is C9H7ClF3NO3. The molecule has 1 aromatic rings. The van der Waals surface area contributed by atoms with Crippen LogP contribution >= 0.6 is 11.6 Å². The van der Waals surface area contributed by atoms with Gasteiger partial charge in [0.15, 0.2) is 0 Å². The summed E-state index contributed by atoms with van der Waals surface area (Å²) in [6.07, 6.45) is -4.54. The molecule has 0 amide bonds. The number of aryl methyl sites for hydroxylation is 1. The van der Waals surface area contributed by atoms with E-state index in [0.717, 1.165) is 0 Å². The van der Waals surface area contributed by atoms with Crippen LogP contribution in [0, 0.1) is 0 Å². The molecule has 0 aliphatic heterocycles. The maximum absolute atomic E-state index is 12.4. The third kappa shape index (κ3) is 3.48. The highest BCUT2D eigenvalue weighted by Crippen LogP contribution is 2.29. The monoisotopic (exact) mass is 269 g/mol. The van der Waals surface area contributed by atoms with E-state index in [0.29, 0.717) is 16.8 Å². The van der Waals surface area contributed by atoms with Crippen molar-refractivity contribution in [3.05, 3.63) is 33.2 Å². The molecule has 1 rings (SSSR count). The van der Waals surface area contributed by atoms with Crippen LogP contribution in [0.3, 0.4) is 0 Å². The van der Waals surface area contributed by atoms with Gasteiger partial charge in [0.2, 0.25) is 0 Å². The van der Waals surface area contributed by atoms with E-state index in [2.05, 4.69) is 0 Å². The van der Waals surface area contributed by atoms with E-state index in [9.17, 15) is 22.8 Å². The number of carboxylic acid groups (broad SMARTS) is 1. The van der Waals surface area contributed by atoms with Gasteiger partial charge < -0.3 is 9.67 Å². The second-order valence-corrected chi connectivity index (χ2v) is 3.62. The molecule has 1 aromatic heterocycles. The topological polar surface area (TPSA) is 59.3 Å². The third-order valence-corrected chi connectivity index (χ3v) is 2.21. The predicted molar refractivity (Wildman–Crippen MR) is 53.0 cm³/mol. The first-order chi connectivity index (χ1) is 7.71. The smallest absolute Gasteiger partial charge is 0.417 e. The van der Waals surface area contributed by atoms with Gasteiger partial charge >= 0.3 is 12.1 Å². The lowest BCUT2D eigenvalue weighted by Gasteiger charge is -2.10. The third-order valence-electron chi connectivity index (χ3n) is 1.94. The Balaban J connectivity index is 3.16. The van der Waals surface area contributed by atoms with E-state index < -0.39 is 34.7 Å². The summed E-state index contributed by atoms with van der Waals surface area (Å²) < 4.78 is 37.8.